The number of hydrogen-bond donors (Lipinski definition) is 0. The van der Waals surface area contributed by atoms with Gasteiger partial charge in [-0.2, -0.15) is 0 Å². The Hall–Kier alpha value is -1.30. The van der Waals surface area contributed by atoms with E-state index in [2.05, 4.69) is 52.5 Å². The Kier molecular flexibility index (Phi) is 6.44. The van der Waals surface area contributed by atoms with E-state index in [1.807, 2.05) is 19.1 Å². The van der Waals surface area contributed by atoms with E-state index in [4.69, 9.17) is 0 Å². The predicted octanol–water partition coefficient (Wildman–Crippen LogP) is 4.98. The number of allylic oxidation sites excluding steroid dienone is 9. The minimum absolute atomic E-state index is 1.11. The average molecular weight is 202 g/mol. The molecule has 0 bridgehead atoms. The molecule has 0 aromatic rings. The third kappa shape index (κ3) is 6.73. The summed E-state index contributed by atoms with van der Waals surface area (Å²) in [4.78, 5) is 0. The largest absolute Gasteiger partial charge is 0.0958 e. The Morgan fingerprint density at radius 3 is 1.93 bits per heavy atom. The van der Waals surface area contributed by atoms with Crippen LogP contribution in [-0.4, -0.2) is 0 Å². The normalized spacial score (nSPS) is 12.5. The van der Waals surface area contributed by atoms with Crippen molar-refractivity contribution in [1.29, 1.82) is 0 Å². The fraction of sp³-hybridized carbons (Fsp3) is 0.333. The molecule has 0 heteroatoms. The van der Waals surface area contributed by atoms with Gasteiger partial charge in [-0.25, -0.2) is 0 Å². The van der Waals surface area contributed by atoms with E-state index in [0.717, 1.165) is 5.57 Å². The lowest BCUT2D eigenvalue weighted by Gasteiger charge is -1.94. The van der Waals surface area contributed by atoms with Crippen molar-refractivity contribution in [3.05, 3.63) is 59.3 Å². The summed E-state index contributed by atoms with van der Waals surface area (Å²) >= 11 is 0. The molecule has 0 aliphatic carbocycles. The first-order valence-electron chi connectivity index (χ1n) is 5.26. The van der Waals surface area contributed by atoms with Gasteiger partial charge in [0.15, 0.2) is 0 Å². The van der Waals surface area contributed by atoms with Gasteiger partial charge >= 0.3 is 0 Å². The zero-order chi connectivity index (χ0) is 11.8. The van der Waals surface area contributed by atoms with Crippen molar-refractivity contribution >= 4 is 0 Å². The van der Waals surface area contributed by atoms with Gasteiger partial charge in [-0.1, -0.05) is 53.7 Å². The van der Waals surface area contributed by atoms with Crippen LogP contribution >= 0.6 is 0 Å². The molecule has 15 heavy (non-hydrogen) atoms. The highest BCUT2D eigenvalue weighted by molar-refractivity contribution is 5.30. The van der Waals surface area contributed by atoms with Gasteiger partial charge in [0, 0.05) is 0 Å². The maximum atomic E-state index is 3.88. The monoisotopic (exact) mass is 202 g/mol. The van der Waals surface area contributed by atoms with Crippen LogP contribution in [0.3, 0.4) is 0 Å². The van der Waals surface area contributed by atoms with Crippen molar-refractivity contribution < 1.29 is 0 Å². The molecule has 0 atom stereocenters. The molecule has 0 aromatic heterocycles. The second-order valence-corrected chi connectivity index (χ2v) is 4.06. The summed E-state index contributed by atoms with van der Waals surface area (Å²) in [5.41, 5.74) is 5.01. The molecule has 0 saturated heterocycles. The molecule has 0 heterocycles. The fourth-order valence-electron chi connectivity index (χ4n) is 0.773. The Balaban J connectivity index is 4.30. The summed E-state index contributed by atoms with van der Waals surface area (Å²) < 4.78 is 0. The molecular weight excluding hydrogens is 180 g/mol. The van der Waals surface area contributed by atoms with Crippen molar-refractivity contribution in [2.24, 2.45) is 0 Å². The van der Waals surface area contributed by atoms with E-state index >= 15 is 0 Å². The highest BCUT2D eigenvalue weighted by Gasteiger charge is 1.84. The Bertz CT molecular complexity index is 329. The predicted molar refractivity (Wildman–Crippen MR) is 70.9 cm³/mol. The zero-order valence-electron chi connectivity index (χ0n) is 10.6. The van der Waals surface area contributed by atoms with Gasteiger partial charge in [0.2, 0.25) is 0 Å². The molecular formula is C15H22. The first kappa shape index (κ1) is 13.7. The van der Waals surface area contributed by atoms with Crippen molar-refractivity contribution in [3.63, 3.8) is 0 Å². The third-order valence-electron chi connectivity index (χ3n) is 2.38. The molecule has 82 valence electrons. The first-order valence-corrected chi connectivity index (χ1v) is 5.26. The van der Waals surface area contributed by atoms with Crippen molar-refractivity contribution in [3.8, 4) is 0 Å². The van der Waals surface area contributed by atoms with Crippen molar-refractivity contribution in [2.75, 3.05) is 0 Å². The van der Waals surface area contributed by atoms with Crippen LogP contribution in [0.15, 0.2) is 59.3 Å². The molecule has 0 fully saturated rings. The molecule has 0 saturated carbocycles. The molecule has 0 aliphatic heterocycles. The van der Waals surface area contributed by atoms with Crippen LogP contribution in [0.1, 0.15) is 34.6 Å². The minimum Gasteiger partial charge on any atom is -0.0958 e. The van der Waals surface area contributed by atoms with Crippen LogP contribution in [0.2, 0.25) is 0 Å². The topological polar surface area (TPSA) is 0 Å². The summed E-state index contributed by atoms with van der Waals surface area (Å²) in [6, 6.07) is 0. The Morgan fingerprint density at radius 1 is 0.867 bits per heavy atom. The van der Waals surface area contributed by atoms with Crippen LogP contribution in [0.4, 0.5) is 0 Å². The number of rotatable bonds is 4. The molecule has 0 nitrogen and oxygen atoms in total. The second-order valence-electron chi connectivity index (χ2n) is 4.06. The summed E-state index contributed by atoms with van der Waals surface area (Å²) in [5.74, 6) is 0. The second kappa shape index (κ2) is 7.05. The van der Waals surface area contributed by atoms with E-state index in [1.54, 1.807) is 0 Å². The summed E-state index contributed by atoms with van der Waals surface area (Å²) in [5, 5.41) is 0. The highest BCUT2D eigenvalue weighted by atomic mass is 13.9. The van der Waals surface area contributed by atoms with Gasteiger partial charge in [0.25, 0.3) is 0 Å². The molecule has 0 spiro atoms. The summed E-state index contributed by atoms with van der Waals surface area (Å²) in [6.45, 7) is 14.3. The molecule has 0 aromatic carbocycles. The molecule has 0 unspecified atom stereocenters. The van der Waals surface area contributed by atoms with Gasteiger partial charge in [-0.3, -0.25) is 0 Å². The Morgan fingerprint density at radius 2 is 1.47 bits per heavy atom. The fourth-order valence-corrected chi connectivity index (χ4v) is 0.773. The zero-order valence-corrected chi connectivity index (χ0v) is 10.6. The van der Waals surface area contributed by atoms with Gasteiger partial charge in [0.05, 0.1) is 0 Å². The van der Waals surface area contributed by atoms with E-state index in [0.29, 0.717) is 0 Å². The lowest BCUT2D eigenvalue weighted by atomic mass is 10.1. The maximum Gasteiger partial charge on any atom is -0.0395 e. The van der Waals surface area contributed by atoms with Gasteiger partial charge in [0.1, 0.15) is 0 Å². The van der Waals surface area contributed by atoms with E-state index in [-0.39, 0.29) is 0 Å². The van der Waals surface area contributed by atoms with E-state index in [9.17, 15) is 0 Å². The van der Waals surface area contributed by atoms with Crippen molar-refractivity contribution in [2.45, 2.75) is 34.6 Å². The van der Waals surface area contributed by atoms with Crippen LogP contribution in [0, 0.1) is 0 Å². The highest BCUT2D eigenvalue weighted by Crippen LogP contribution is 2.05. The average Bonchev–Trinajstić information content (AvgIpc) is 2.16. The molecule has 0 radical (unpaired) electrons. The van der Waals surface area contributed by atoms with E-state index in [1.165, 1.54) is 16.7 Å². The molecule has 0 aliphatic rings. The molecule has 0 N–H and O–H groups in total. The van der Waals surface area contributed by atoms with Gasteiger partial charge < -0.3 is 0 Å². The number of hydrogen-bond acceptors (Lipinski definition) is 0. The van der Waals surface area contributed by atoms with Crippen LogP contribution < -0.4 is 0 Å². The maximum absolute atomic E-state index is 3.88. The van der Waals surface area contributed by atoms with Gasteiger partial charge in [-0.05, 0) is 40.2 Å². The minimum atomic E-state index is 1.11. The summed E-state index contributed by atoms with van der Waals surface area (Å²) in [7, 11) is 0. The molecule has 0 amide bonds. The van der Waals surface area contributed by atoms with Crippen LogP contribution in [-0.2, 0) is 0 Å². The first-order chi connectivity index (χ1) is 6.95. The third-order valence-corrected chi connectivity index (χ3v) is 2.38. The lowest BCUT2D eigenvalue weighted by molar-refractivity contribution is 1.29. The smallest absolute Gasteiger partial charge is 0.0395 e. The van der Waals surface area contributed by atoms with E-state index < -0.39 is 0 Å². The van der Waals surface area contributed by atoms with Crippen LogP contribution in [0.25, 0.3) is 0 Å². The quantitative estimate of drug-likeness (QED) is 0.564. The van der Waals surface area contributed by atoms with Crippen molar-refractivity contribution in [1.82, 2.24) is 0 Å². The molecule has 0 rings (SSSR count). The standard InChI is InChI=1S/C15H22/c1-12(2)14(5)10-8-7-9-11-15(6)13(3)4/h7-11H,1H2,2-6H3/b8-7?,11-9?,14-10-. The summed E-state index contributed by atoms with van der Waals surface area (Å²) in [6.07, 6.45) is 10.3. The van der Waals surface area contributed by atoms with Gasteiger partial charge in [-0.15, -0.1) is 0 Å². The SMILES string of the molecule is C=C(C)/C(C)=C\C=CC=CC(C)=C(C)C. The lowest BCUT2D eigenvalue weighted by Crippen LogP contribution is -1.73. The Labute approximate surface area is 94.4 Å². The van der Waals surface area contributed by atoms with Crippen LogP contribution in [0.5, 0.6) is 0 Å².